The third-order valence-corrected chi connectivity index (χ3v) is 1.33. The van der Waals surface area contributed by atoms with Gasteiger partial charge in [0, 0.05) is 6.42 Å². The smallest absolute Gasteiger partial charge is 0.236 e. The zero-order chi connectivity index (χ0) is 8.10. The zero-order valence-electron chi connectivity index (χ0n) is 5.95. The number of ketones is 1. The molecule has 11 heavy (non-hydrogen) atoms. The number of nitriles is 1. The first-order chi connectivity index (χ1) is 5.33. The Morgan fingerprint density at radius 1 is 1.36 bits per heavy atom. The Labute approximate surface area is 65.1 Å². The van der Waals surface area contributed by atoms with Crippen molar-refractivity contribution in [2.45, 2.75) is 6.42 Å². The number of rotatable bonds is 2. The Hall–Kier alpha value is -1.62. The van der Waals surface area contributed by atoms with E-state index in [4.69, 9.17) is 5.26 Å². The van der Waals surface area contributed by atoms with Gasteiger partial charge >= 0.3 is 0 Å². The van der Waals surface area contributed by atoms with Crippen molar-refractivity contribution in [1.29, 1.82) is 5.26 Å². The summed E-state index contributed by atoms with van der Waals surface area (Å²) < 4.78 is 0. The SMILES string of the molecule is N#CC(=O)Cc1ccccc1. The van der Waals surface area contributed by atoms with Crippen molar-refractivity contribution in [1.82, 2.24) is 0 Å². The molecule has 0 unspecified atom stereocenters. The predicted molar refractivity (Wildman–Crippen MR) is 40.8 cm³/mol. The van der Waals surface area contributed by atoms with E-state index >= 15 is 0 Å². The monoisotopic (exact) mass is 145 g/mol. The van der Waals surface area contributed by atoms with Crippen molar-refractivity contribution in [2.24, 2.45) is 0 Å². The summed E-state index contributed by atoms with van der Waals surface area (Å²) in [6.45, 7) is 0. The molecule has 0 N–H and O–H groups in total. The summed E-state index contributed by atoms with van der Waals surface area (Å²) in [5, 5.41) is 8.20. The van der Waals surface area contributed by atoms with Crippen molar-refractivity contribution < 1.29 is 4.79 Å². The van der Waals surface area contributed by atoms with Crippen molar-refractivity contribution in [3.05, 3.63) is 35.9 Å². The first-order valence-electron chi connectivity index (χ1n) is 3.30. The molecule has 0 heterocycles. The lowest BCUT2D eigenvalue weighted by molar-refractivity contribution is -0.113. The van der Waals surface area contributed by atoms with Gasteiger partial charge in [-0.3, -0.25) is 4.79 Å². The van der Waals surface area contributed by atoms with Crippen LogP contribution < -0.4 is 0 Å². The minimum absolute atomic E-state index is 0.220. The molecular weight excluding hydrogens is 138 g/mol. The maximum atomic E-state index is 10.6. The Morgan fingerprint density at radius 3 is 2.55 bits per heavy atom. The van der Waals surface area contributed by atoms with E-state index in [1.54, 1.807) is 6.07 Å². The third kappa shape index (κ3) is 2.23. The Bertz CT molecular complexity index is 284. The lowest BCUT2D eigenvalue weighted by Crippen LogP contribution is -1.97. The van der Waals surface area contributed by atoms with Crippen LogP contribution in [0.25, 0.3) is 0 Å². The molecule has 0 atom stereocenters. The lowest BCUT2D eigenvalue weighted by Gasteiger charge is -1.92. The van der Waals surface area contributed by atoms with Crippen LogP contribution in [0.3, 0.4) is 0 Å². The number of hydrogen-bond donors (Lipinski definition) is 0. The van der Waals surface area contributed by atoms with Crippen LogP contribution in [0.15, 0.2) is 30.3 Å². The highest BCUT2D eigenvalue weighted by Crippen LogP contribution is 1.98. The van der Waals surface area contributed by atoms with Gasteiger partial charge in [-0.2, -0.15) is 5.26 Å². The summed E-state index contributed by atoms with van der Waals surface area (Å²) in [6, 6.07) is 10.8. The topological polar surface area (TPSA) is 40.9 Å². The summed E-state index contributed by atoms with van der Waals surface area (Å²) >= 11 is 0. The molecule has 0 saturated heterocycles. The molecule has 1 aromatic rings. The molecule has 0 saturated carbocycles. The average Bonchev–Trinajstić information content (AvgIpc) is 2.06. The fourth-order valence-corrected chi connectivity index (χ4v) is 0.821. The van der Waals surface area contributed by atoms with Gasteiger partial charge in [0.15, 0.2) is 0 Å². The maximum absolute atomic E-state index is 10.6. The van der Waals surface area contributed by atoms with Crippen LogP contribution in [0.5, 0.6) is 0 Å². The highest BCUT2D eigenvalue weighted by Gasteiger charge is 1.98. The quantitative estimate of drug-likeness (QED) is 0.589. The van der Waals surface area contributed by atoms with E-state index in [1.807, 2.05) is 30.3 Å². The van der Waals surface area contributed by atoms with Gasteiger partial charge in [-0.05, 0) is 5.56 Å². The van der Waals surface area contributed by atoms with E-state index in [2.05, 4.69) is 0 Å². The summed E-state index contributed by atoms with van der Waals surface area (Å²) in [4.78, 5) is 10.6. The van der Waals surface area contributed by atoms with Crippen LogP contribution in [0, 0.1) is 11.3 Å². The van der Waals surface area contributed by atoms with E-state index in [9.17, 15) is 4.79 Å². The molecule has 1 aromatic carbocycles. The van der Waals surface area contributed by atoms with Crippen LogP contribution >= 0.6 is 0 Å². The van der Waals surface area contributed by atoms with E-state index in [-0.39, 0.29) is 6.42 Å². The summed E-state index contributed by atoms with van der Waals surface area (Å²) in [5.74, 6) is -0.392. The number of carbonyl (C=O) groups excluding carboxylic acids is 1. The highest BCUT2D eigenvalue weighted by atomic mass is 16.1. The van der Waals surface area contributed by atoms with Gasteiger partial charge in [0.25, 0.3) is 0 Å². The van der Waals surface area contributed by atoms with E-state index in [0.717, 1.165) is 5.56 Å². The molecular formula is C9H7NO. The number of benzene rings is 1. The molecule has 0 spiro atoms. The fraction of sp³-hybridized carbons (Fsp3) is 0.111. The van der Waals surface area contributed by atoms with Crippen molar-refractivity contribution in [2.75, 3.05) is 0 Å². The molecule has 0 bridgehead atoms. The molecule has 0 aliphatic rings. The molecule has 0 aliphatic heterocycles. The molecule has 0 fully saturated rings. The van der Waals surface area contributed by atoms with E-state index in [0.29, 0.717) is 0 Å². The van der Waals surface area contributed by atoms with E-state index in [1.165, 1.54) is 0 Å². The first kappa shape index (κ1) is 7.49. The molecule has 2 nitrogen and oxygen atoms in total. The molecule has 0 aromatic heterocycles. The second-order valence-corrected chi connectivity index (χ2v) is 2.20. The Balaban J connectivity index is 2.67. The van der Waals surface area contributed by atoms with Gasteiger partial charge in [0.05, 0.1) is 0 Å². The number of Topliss-reactive ketones (excluding diaryl/α,β-unsaturated/α-hetero) is 1. The molecule has 54 valence electrons. The van der Waals surface area contributed by atoms with E-state index < -0.39 is 5.78 Å². The average molecular weight is 145 g/mol. The van der Waals surface area contributed by atoms with Crippen LogP contribution in [0.4, 0.5) is 0 Å². The second kappa shape index (κ2) is 3.52. The highest BCUT2D eigenvalue weighted by molar-refractivity contribution is 5.94. The van der Waals surface area contributed by atoms with Gasteiger partial charge in [-0.25, -0.2) is 0 Å². The largest absolute Gasteiger partial charge is 0.282 e. The van der Waals surface area contributed by atoms with Gasteiger partial charge in [0.1, 0.15) is 6.07 Å². The van der Waals surface area contributed by atoms with Crippen molar-refractivity contribution in [3.8, 4) is 6.07 Å². The van der Waals surface area contributed by atoms with Gasteiger partial charge in [0.2, 0.25) is 5.78 Å². The van der Waals surface area contributed by atoms with Gasteiger partial charge in [-0.15, -0.1) is 0 Å². The minimum Gasteiger partial charge on any atom is -0.282 e. The summed E-state index contributed by atoms with van der Waals surface area (Å²) in [7, 11) is 0. The van der Waals surface area contributed by atoms with Crippen LogP contribution in [-0.4, -0.2) is 5.78 Å². The zero-order valence-corrected chi connectivity index (χ0v) is 5.95. The summed E-state index contributed by atoms with van der Waals surface area (Å²) in [5.41, 5.74) is 0.888. The first-order valence-corrected chi connectivity index (χ1v) is 3.30. The standard InChI is InChI=1S/C9H7NO/c10-7-9(11)6-8-4-2-1-3-5-8/h1-5H,6H2. The molecule has 2 heteroatoms. The number of nitrogens with zero attached hydrogens (tertiary/aromatic N) is 1. The normalized spacial score (nSPS) is 8.64. The summed E-state index contributed by atoms with van der Waals surface area (Å²) in [6.07, 6.45) is 0.220. The minimum atomic E-state index is -0.392. The Kier molecular flexibility index (Phi) is 2.40. The fourth-order valence-electron chi connectivity index (χ4n) is 0.821. The van der Waals surface area contributed by atoms with Crippen molar-refractivity contribution in [3.63, 3.8) is 0 Å². The number of carbonyl (C=O) groups is 1. The van der Waals surface area contributed by atoms with Gasteiger partial charge < -0.3 is 0 Å². The molecule has 0 radical (unpaired) electrons. The molecule has 1 rings (SSSR count). The Morgan fingerprint density at radius 2 is 2.00 bits per heavy atom. The molecule has 0 amide bonds. The van der Waals surface area contributed by atoms with Crippen LogP contribution in [0.1, 0.15) is 5.56 Å². The third-order valence-electron chi connectivity index (χ3n) is 1.33. The maximum Gasteiger partial charge on any atom is 0.236 e. The predicted octanol–water partition coefficient (Wildman–Crippen LogP) is 1.32. The van der Waals surface area contributed by atoms with Gasteiger partial charge in [-0.1, -0.05) is 30.3 Å². The lowest BCUT2D eigenvalue weighted by atomic mass is 10.1. The van der Waals surface area contributed by atoms with Crippen LogP contribution in [-0.2, 0) is 11.2 Å². The van der Waals surface area contributed by atoms with Crippen LogP contribution in [0.2, 0.25) is 0 Å². The second-order valence-electron chi connectivity index (χ2n) is 2.20. The molecule has 0 aliphatic carbocycles. The van der Waals surface area contributed by atoms with Crippen molar-refractivity contribution >= 4 is 5.78 Å². The number of hydrogen-bond acceptors (Lipinski definition) is 2.